The summed E-state index contributed by atoms with van der Waals surface area (Å²) < 4.78 is 51.0. The molecule has 0 saturated carbocycles. The molecule has 2 aromatic carbocycles. The molecule has 2 rings (SSSR count). The van der Waals surface area contributed by atoms with E-state index in [4.69, 9.17) is 0 Å². The molecule has 0 heterocycles. The first-order chi connectivity index (χ1) is 11.7. The van der Waals surface area contributed by atoms with Gasteiger partial charge in [0.15, 0.2) is 0 Å². The number of alkyl halides is 3. The van der Waals surface area contributed by atoms with E-state index in [2.05, 4.69) is 10.6 Å². The van der Waals surface area contributed by atoms with Crippen LogP contribution in [0.2, 0.25) is 0 Å². The largest absolute Gasteiger partial charge is 0.416 e. The fourth-order valence-electron chi connectivity index (χ4n) is 1.96. The number of anilines is 1. The second-order valence-electron chi connectivity index (χ2n) is 5.24. The Morgan fingerprint density at radius 3 is 2.16 bits per heavy atom. The van der Waals surface area contributed by atoms with Gasteiger partial charge in [-0.2, -0.15) is 13.2 Å². The molecule has 0 aliphatic rings. The topological polar surface area (TPSA) is 58.2 Å². The molecule has 132 valence electrons. The highest BCUT2D eigenvalue weighted by atomic mass is 19.4. The van der Waals surface area contributed by atoms with Gasteiger partial charge in [-0.1, -0.05) is 12.1 Å². The first-order valence-corrected chi connectivity index (χ1v) is 7.22. The van der Waals surface area contributed by atoms with Crippen molar-refractivity contribution >= 4 is 17.5 Å². The highest BCUT2D eigenvalue weighted by Crippen LogP contribution is 2.29. The van der Waals surface area contributed by atoms with Crippen LogP contribution in [0.25, 0.3) is 0 Å². The normalized spacial score (nSPS) is 12.4. The number of nitrogens with one attached hydrogen (secondary N) is 2. The Bertz CT molecular complexity index is 773. The third-order valence-corrected chi connectivity index (χ3v) is 3.35. The molecule has 0 fully saturated rings. The Morgan fingerprint density at radius 2 is 1.60 bits per heavy atom. The molecule has 0 radical (unpaired) electrons. The Hall–Kier alpha value is -2.90. The summed E-state index contributed by atoms with van der Waals surface area (Å²) in [6.07, 6.45) is -4.50. The van der Waals surface area contributed by atoms with Gasteiger partial charge in [-0.3, -0.25) is 9.59 Å². The summed E-state index contributed by atoms with van der Waals surface area (Å²) in [7, 11) is 0. The van der Waals surface area contributed by atoms with E-state index in [1.807, 2.05) is 0 Å². The molecule has 0 aromatic heterocycles. The SMILES string of the molecule is CC(NC(=O)c1ccc(C(F)(F)F)cc1)C(=O)Nc1ccccc1F. The van der Waals surface area contributed by atoms with Crippen molar-refractivity contribution in [3.8, 4) is 0 Å². The molecule has 0 aliphatic heterocycles. The van der Waals surface area contributed by atoms with Crippen LogP contribution in [0.4, 0.5) is 23.2 Å². The quantitative estimate of drug-likeness (QED) is 0.825. The van der Waals surface area contributed by atoms with E-state index in [1.54, 1.807) is 0 Å². The van der Waals surface area contributed by atoms with Gasteiger partial charge in [0.2, 0.25) is 5.91 Å². The summed E-state index contributed by atoms with van der Waals surface area (Å²) in [6, 6.07) is 8.08. The average Bonchev–Trinajstić information content (AvgIpc) is 2.56. The summed E-state index contributed by atoms with van der Waals surface area (Å²) in [4.78, 5) is 24.0. The highest BCUT2D eigenvalue weighted by molar-refractivity contribution is 6.01. The monoisotopic (exact) mass is 354 g/mol. The Kier molecular flexibility index (Phi) is 5.41. The molecule has 0 spiro atoms. The van der Waals surface area contributed by atoms with Crippen molar-refractivity contribution < 1.29 is 27.2 Å². The van der Waals surface area contributed by atoms with Crippen molar-refractivity contribution in [1.82, 2.24) is 5.32 Å². The predicted molar refractivity (Wildman–Crippen MR) is 83.4 cm³/mol. The van der Waals surface area contributed by atoms with Gasteiger partial charge in [-0.25, -0.2) is 4.39 Å². The maximum absolute atomic E-state index is 13.5. The van der Waals surface area contributed by atoms with Crippen LogP contribution in [-0.4, -0.2) is 17.9 Å². The van der Waals surface area contributed by atoms with Crippen molar-refractivity contribution in [2.24, 2.45) is 0 Å². The van der Waals surface area contributed by atoms with Crippen LogP contribution in [0.5, 0.6) is 0 Å². The van der Waals surface area contributed by atoms with E-state index in [-0.39, 0.29) is 11.3 Å². The van der Waals surface area contributed by atoms with E-state index in [0.717, 1.165) is 24.3 Å². The number of halogens is 4. The van der Waals surface area contributed by atoms with Crippen LogP contribution >= 0.6 is 0 Å². The molecule has 4 nitrogen and oxygen atoms in total. The fraction of sp³-hybridized carbons (Fsp3) is 0.176. The zero-order valence-corrected chi connectivity index (χ0v) is 13.0. The van der Waals surface area contributed by atoms with Crippen molar-refractivity contribution in [3.05, 3.63) is 65.5 Å². The minimum absolute atomic E-state index is 0.0291. The van der Waals surface area contributed by atoms with Gasteiger partial charge >= 0.3 is 6.18 Å². The lowest BCUT2D eigenvalue weighted by molar-refractivity contribution is -0.137. The summed E-state index contributed by atoms with van der Waals surface area (Å²) in [5.74, 6) is -2.01. The lowest BCUT2D eigenvalue weighted by Crippen LogP contribution is -2.41. The molecule has 2 amide bonds. The van der Waals surface area contributed by atoms with Crippen LogP contribution < -0.4 is 10.6 Å². The molecular weight excluding hydrogens is 340 g/mol. The lowest BCUT2D eigenvalue weighted by atomic mass is 10.1. The van der Waals surface area contributed by atoms with Gasteiger partial charge in [0, 0.05) is 5.56 Å². The maximum atomic E-state index is 13.5. The average molecular weight is 354 g/mol. The molecule has 1 unspecified atom stereocenters. The van der Waals surface area contributed by atoms with Gasteiger partial charge in [-0.15, -0.1) is 0 Å². The van der Waals surface area contributed by atoms with Crippen LogP contribution in [0.15, 0.2) is 48.5 Å². The van der Waals surface area contributed by atoms with E-state index in [0.29, 0.717) is 0 Å². The number of hydrogen-bond acceptors (Lipinski definition) is 2. The summed E-state index contributed by atoms with van der Waals surface area (Å²) in [5.41, 5.74) is -0.948. The molecule has 2 aromatic rings. The number of benzene rings is 2. The highest BCUT2D eigenvalue weighted by Gasteiger charge is 2.30. The zero-order valence-electron chi connectivity index (χ0n) is 13.0. The number of carbonyl (C=O) groups is 2. The van der Waals surface area contributed by atoms with Crippen LogP contribution in [0, 0.1) is 5.82 Å². The minimum atomic E-state index is -4.50. The van der Waals surface area contributed by atoms with E-state index >= 15 is 0 Å². The summed E-state index contributed by atoms with van der Waals surface area (Å²) >= 11 is 0. The number of para-hydroxylation sites is 1. The molecule has 0 saturated heterocycles. The van der Waals surface area contributed by atoms with Gasteiger partial charge in [0.05, 0.1) is 11.3 Å². The Balaban J connectivity index is 1.99. The summed E-state index contributed by atoms with van der Waals surface area (Å²) in [5, 5.41) is 4.66. The van der Waals surface area contributed by atoms with Gasteiger partial charge < -0.3 is 10.6 Å². The first-order valence-electron chi connectivity index (χ1n) is 7.22. The van der Waals surface area contributed by atoms with Gasteiger partial charge in [0.25, 0.3) is 5.91 Å². The van der Waals surface area contributed by atoms with E-state index in [1.165, 1.54) is 31.2 Å². The van der Waals surface area contributed by atoms with Gasteiger partial charge in [0.1, 0.15) is 11.9 Å². The Morgan fingerprint density at radius 1 is 1.00 bits per heavy atom. The van der Waals surface area contributed by atoms with Crippen molar-refractivity contribution in [2.75, 3.05) is 5.32 Å². The van der Waals surface area contributed by atoms with Crippen LogP contribution in [-0.2, 0) is 11.0 Å². The minimum Gasteiger partial charge on any atom is -0.341 e. The van der Waals surface area contributed by atoms with Crippen LogP contribution in [0.1, 0.15) is 22.8 Å². The predicted octanol–water partition coefficient (Wildman–Crippen LogP) is 3.60. The third kappa shape index (κ3) is 4.79. The molecule has 0 aliphatic carbocycles. The van der Waals surface area contributed by atoms with E-state index < -0.39 is 35.4 Å². The standard InChI is InChI=1S/C17H14F4N2O2/c1-10(15(24)23-14-5-3-2-4-13(14)18)22-16(25)11-6-8-12(9-7-11)17(19,20)21/h2-10H,1H3,(H,22,25)(H,23,24). The van der Waals surface area contributed by atoms with Crippen LogP contribution in [0.3, 0.4) is 0 Å². The fourth-order valence-corrected chi connectivity index (χ4v) is 1.96. The smallest absolute Gasteiger partial charge is 0.341 e. The Labute approximate surface area is 140 Å². The number of hydrogen-bond donors (Lipinski definition) is 2. The second kappa shape index (κ2) is 7.33. The van der Waals surface area contributed by atoms with E-state index in [9.17, 15) is 27.2 Å². The van der Waals surface area contributed by atoms with Crippen molar-refractivity contribution in [2.45, 2.75) is 19.1 Å². The van der Waals surface area contributed by atoms with Gasteiger partial charge in [-0.05, 0) is 43.3 Å². The van der Waals surface area contributed by atoms with Crippen molar-refractivity contribution in [1.29, 1.82) is 0 Å². The van der Waals surface area contributed by atoms with Crippen molar-refractivity contribution in [3.63, 3.8) is 0 Å². The third-order valence-electron chi connectivity index (χ3n) is 3.35. The second-order valence-corrected chi connectivity index (χ2v) is 5.24. The number of carbonyl (C=O) groups excluding carboxylic acids is 2. The number of rotatable bonds is 4. The lowest BCUT2D eigenvalue weighted by Gasteiger charge is -2.15. The molecule has 1 atom stereocenters. The molecule has 25 heavy (non-hydrogen) atoms. The maximum Gasteiger partial charge on any atom is 0.416 e. The molecule has 0 bridgehead atoms. The molecular formula is C17H14F4N2O2. The molecule has 8 heteroatoms. The zero-order chi connectivity index (χ0) is 18.6. The first kappa shape index (κ1) is 18.4. The molecule has 2 N–H and O–H groups in total. The summed E-state index contributed by atoms with van der Waals surface area (Å²) in [6.45, 7) is 1.37. The number of amides is 2.